The van der Waals surface area contributed by atoms with Crippen molar-refractivity contribution in [2.75, 3.05) is 90.7 Å². The number of amides is 2. The number of halogens is 2. The van der Waals surface area contributed by atoms with Crippen LogP contribution in [-0.4, -0.2) is 132 Å². The summed E-state index contributed by atoms with van der Waals surface area (Å²) in [6.45, 7) is 10.8. The number of piperidine rings is 1. The molecule has 2 aromatic rings. The van der Waals surface area contributed by atoms with Crippen LogP contribution in [0.1, 0.15) is 44.1 Å². The lowest BCUT2D eigenvalue weighted by Crippen LogP contribution is -2.60. The average molecular weight is 784 g/mol. The second-order valence-electron chi connectivity index (χ2n) is 16.1. The first-order valence-electron chi connectivity index (χ1n) is 19.8. The first kappa shape index (κ1) is 39.6. The van der Waals surface area contributed by atoms with Gasteiger partial charge in [0.25, 0.3) is 0 Å². The van der Waals surface area contributed by atoms with Gasteiger partial charge in [0.05, 0.1) is 30.9 Å². The number of carbonyl (C=O) groups excluding carboxylic acids is 2. The number of carbonyl (C=O) groups is 2. The Morgan fingerprint density at radius 2 is 1.76 bits per heavy atom. The van der Waals surface area contributed by atoms with Gasteiger partial charge in [0.15, 0.2) is 9.84 Å². The van der Waals surface area contributed by atoms with Gasteiger partial charge in [-0.2, -0.15) is 0 Å². The van der Waals surface area contributed by atoms with E-state index in [2.05, 4.69) is 27.8 Å². The van der Waals surface area contributed by atoms with Crippen molar-refractivity contribution in [3.63, 3.8) is 0 Å². The monoisotopic (exact) mass is 783 g/mol. The smallest absolute Gasteiger partial charge is 0.407 e. The van der Waals surface area contributed by atoms with Gasteiger partial charge in [-0.25, -0.2) is 22.0 Å². The summed E-state index contributed by atoms with van der Waals surface area (Å²) in [7, 11) is -2.57. The third kappa shape index (κ3) is 8.29. The van der Waals surface area contributed by atoms with Gasteiger partial charge in [0.1, 0.15) is 16.9 Å². The zero-order chi connectivity index (χ0) is 38.7. The van der Waals surface area contributed by atoms with Crippen LogP contribution in [0, 0.1) is 29.4 Å². The first-order valence-corrected chi connectivity index (χ1v) is 21.4. The number of nitrogens with one attached hydrogen (secondary N) is 1. The topological polar surface area (TPSA) is 112 Å². The van der Waals surface area contributed by atoms with E-state index in [1.54, 1.807) is 12.1 Å². The van der Waals surface area contributed by atoms with E-state index >= 15 is 8.78 Å². The Kier molecular flexibility index (Phi) is 12.2. The number of hydrogen-bond donors (Lipinski definition) is 1. The molecule has 55 heavy (non-hydrogen) atoms. The van der Waals surface area contributed by atoms with E-state index in [9.17, 15) is 18.0 Å². The van der Waals surface area contributed by atoms with E-state index in [0.717, 1.165) is 95.5 Å². The van der Waals surface area contributed by atoms with Crippen LogP contribution in [0.3, 0.4) is 0 Å². The standard InChI is InChI=1S/C41H55F2N5O6S/c1-3-39(49)47-19-20-54-27-34(26-47)55(51,52)33-11-12-38(36(43)22-33)48-24-29(25-48)23-45-17-13-30(14-18-45)41(28-46-15-6-16-46,31-7-4-8-32(42)21-31)35-9-5-10-37(35)44-40(50)53-2/h3-4,7-8,11-12,21-22,29-30,34-35,37H,1,5-6,9-10,13-20,23-28H2,2H3,(H,44,50)/t34-,35-,37-,41-/m0/s1. The molecule has 0 unspecified atom stereocenters. The van der Waals surface area contributed by atoms with E-state index in [-0.39, 0.29) is 60.3 Å². The predicted octanol–water partition coefficient (Wildman–Crippen LogP) is 4.47. The minimum atomic E-state index is -3.96. The number of rotatable bonds is 12. The van der Waals surface area contributed by atoms with Crippen LogP contribution >= 0.6 is 0 Å². The average Bonchev–Trinajstić information content (AvgIpc) is 3.45. The summed E-state index contributed by atoms with van der Waals surface area (Å²) in [6, 6.07) is 11.2. The summed E-state index contributed by atoms with van der Waals surface area (Å²) in [4.78, 5) is 33.0. The second kappa shape index (κ2) is 16.9. The molecule has 4 heterocycles. The normalized spacial score (nSPS) is 25.7. The molecule has 1 N–H and O–H groups in total. The number of anilines is 1. The molecule has 4 atom stereocenters. The Balaban J connectivity index is 0.997. The Morgan fingerprint density at radius 3 is 2.44 bits per heavy atom. The predicted molar refractivity (Wildman–Crippen MR) is 206 cm³/mol. The van der Waals surface area contributed by atoms with Gasteiger partial charge < -0.3 is 34.4 Å². The molecule has 0 aromatic heterocycles. The molecule has 0 bridgehead atoms. The summed E-state index contributed by atoms with van der Waals surface area (Å²) >= 11 is 0. The minimum Gasteiger partial charge on any atom is -0.453 e. The van der Waals surface area contributed by atoms with Crippen LogP contribution in [0.25, 0.3) is 0 Å². The van der Waals surface area contributed by atoms with Gasteiger partial charge in [-0.15, -0.1) is 0 Å². The lowest BCUT2D eigenvalue weighted by atomic mass is 9.57. The highest BCUT2D eigenvalue weighted by molar-refractivity contribution is 7.92. The largest absolute Gasteiger partial charge is 0.453 e. The fourth-order valence-corrected chi connectivity index (χ4v) is 11.6. The van der Waals surface area contributed by atoms with E-state index < -0.39 is 27.0 Å². The number of benzene rings is 2. The number of nitrogens with zero attached hydrogens (tertiary/aromatic N) is 4. The molecule has 5 aliphatic rings. The van der Waals surface area contributed by atoms with Crippen LogP contribution in [0.5, 0.6) is 0 Å². The molecular weight excluding hydrogens is 729 g/mol. The molecule has 300 valence electrons. The van der Waals surface area contributed by atoms with E-state index in [1.165, 1.54) is 24.1 Å². The van der Waals surface area contributed by atoms with Crippen molar-refractivity contribution >= 4 is 27.5 Å². The molecular formula is C41H55F2N5O6S. The molecule has 4 aliphatic heterocycles. The van der Waals surface area contributed by atoms with Crippen LogP contribution in [0.4, 0.5) is 19.3 Å². The fourth-order valence-electron chi connectivity index (χ4n) is 10.0. The van der Waals surface area contributed by atoms with E-state index in [1.807, 2.05) is 11.0 Å². The van der Waals surface area contributed by atoms with E-state index in [0.29, 0.717) is 30.6 Å². The van der Waals surface area contributed by atoms with Crippen molar-refractivity contribution in [3.8, 4) is 0 Å². The number of hydrogen-bond acceptors (Lipinski definition) is 9. The molecule has 1 aliphatic carbocycles. The maximum Gasteiger partial charge on any atom is 0.407 e. The highest BCUT2D eigenvalue weighted by Crippen LogP contribution is 2.51. The first-order chi connectivity index (χ1) is 26.5. The number of likely N-dealkylation sites (tertiary alicyclic amines) is 2. The SMILES string of the molecule is C=CC(=O)N1CCOC[C@@H](S(=O)(=O)c2ccc(N3CC(CN4CCC([C@@](CN5CCC5)(c5cccc(F)c5)[C@H]5CCC[C@@H]5NC(=O)OC)CC4)C3)c(F)c2)C1. The van der Waals surface area contributed by atoms with Crippen molar-refractivity contribution in [1.82, 2.24) is 20.0 Å². The molecule has 4 saturated heterocycles. The summed E-state index contributed by atoms with van der Waals surface area (Å²) in [5, 5.41) is 2.15. The van der Waals surface area contributed by atoms with Gasteiger partial charge in [-0.1, -0.05) is 25.1 Å². The van der Waals surface area contributed by atoms with Crippen LogP contribution in [-0.2, 0) is 29.5 Å². The molecule has 5 fully saturated rings. The maximum absolute atomic E-state index is 15.5. The van der Waals surface area contributed by atoms with Crippen molar-refractivity contribution in [2.24, 2.45) is 17.8 Å². The summed E-state index contributed by atoms with van der Waals surface area (Å²) in [6.07, 6.45) is 6.64. The van der Waals surface area contributed by atoms with E-state index in [4.69, 9.17) is 9.47 Å². The molecule has 2 amide bonds. The third-order valence-electron chi connectivity index (χ3n) is 13.0. The Labute approximate surface area is 323 Å². The van der Waals surface area contributed by atoms with Gasteiger partial charge in [0, 0.05) is 56.6 Å². The molecule has 0 radical (unpaired) electrons. The lowest BCUT2D eigenvalue weighted by Gasteiger charge is -2.54. The lowest BCUT2D eigenvalue weighted by molar-refractivity contribution is -0.126. The number of ether oxygens (including phenoxy) is 2. The van der Waals surface area contributed by atoms with Crippen LogP contribution in [0.2, 0.25) is 0 Å². The van der Waals surface area contributed by atoms with Gasteiger partial charge in [0.2, 0.25) is 5.91 Å². The van der Waals surface area contributed by atoms with Crippen LogP contribution in [0.15, 0.2) is 60.0 Å². The van der Waals surface area contributed by atoms with Crippen molar-refractivity contribution in [1.29, 1.82) is 0 Å². The number of sulfone groups is 1. The summed E-state index contributed by atoms with van der Waals surface area (Å²) in [5.74, 6) is -0.393. The zero-order valence-electron chi connectivity index (χ0n) is 31.8. The van der Waals surface area contributed by atoms with Gasteiger partial charge in [-0.05, 0) is 112 Å². The number of alkyl carbamates (subject to hydrolysis) is 1. The van der Waals surface area contributed by atoms with Gasteiger partial charge in [-0.3, -0.25) is 4.79 Å². The second-order valence-corrected chi connectivity index (χ2v) is 18.4. The van der Waals surface area contributed by atoms with Gasteiger partial charge >= 0.3 is 6.09 Å². The maximum atomic E-state index is 15.5. The molecule has 2 aromatic carbocycles. The third-order valence-corrected chi connectivity index (χ3v) is 15.1. The Bertz CT molecular complexity index is 1820. The molecule has 7 rings (SSSR count). The molecule has 1 saturated carbocycles. The Hall–Kier alpha value is -3.59. The van der Waals surface area contributed by atoms with Crippen molar-refractivity contribution < 1.29 is 36.3 Å². The minimum absolute atomic E-state index is 0.0421. The molecule has 0 spiro atoms. The zero-order valence-corrected chi connectivity index (χ0v) is 32.7. The highest BCUT2D eigenvalue weighted by Gasteiger charge is 2.53. The molecule has 11 nitrogen and oxygen atoms in total. The fraction of sp³-hybridized carbons (Fsp3) is 0.610. The number of methoxy groups -OCH3 is 1. The quantitative estimate of drug-likeness (QED) is 0.312. The molecule has 14 heteroatoms. The summed E-state index contributed by atoms with van der Waals surface area (Å²) < 4.78 is 68.1. The summed E-state index contributed by atoms with van der Waals surface area (Å²) in [5.41, 5.74) is 1.09. The van der Waals surface area contributed by atoms with Crippen molar-refractivity contribution in [3.05, 3.63) is 72.3 Å². The van der Waals surface area contributed by atoms with Crippen molar-refractivity contribution in [2.45, 2.75) is 60.1 Å². The van der Waals surface area contributed by atoms with Crippen LogP contribution < -0.4 is 10.2 Å². The Morgan fingerprint density at radius 1 is 0.982 bits per heavy atom. The highest BCUT2D eigenvalue weighted by atomic mass is 32.2.